The molecule has 4 rings (SSSR count). The van der Waals surface area contributed by atoms with Gasteiger partial charge in [0.05, 0.1) is 7.11 Å². The van der Waals surface area contributed by atoms with Crippen LogP contribution in [0, 0.1) is 0 Å². The summed E-state index contributed by atoms with van der Waals surface area (Å²) < 4.78 is 68.8. The fraction of sp³-hybridized carbons (Fsp3) is 0.346. The summed E-state index contributed by atoms with van der Waals surface area (Å²) in [6.07, 6.45) is -8.20. The average Bonchev–Trinajstić information content (AvgIpc) is 3.38. The van der Waals surface area contributed by atoms with Crippen LogP contribution in [0.1, 0.15) is 11.3 Å². The van der Waals surface area contributed by atoms with Crippen LogP contribution in [0.25, 0.3) is 11.4 Å². The summed E-state index contributed by atoms with van der Waals surface area (Å²) in [5, 5.41) is 14.2. The summed E-state index contributed by atoms with van der Waals surface area (Å²) in [7, 11) is 1.72. The molecule has 0 atom stereocenters. The summed E-state index contributed by atoms with van der Waals surface area (Å²) in [4.78, 5) is 30.8. The number of halogens is 6. The molecular formula is C26H28F6N4O5. The Hall–Kier alpha value is -4.11. The molecule has 1 aromatic heterocycles. The molecule has 0 unspecified atom stereocenters. The normalized spacial score (nSPS) is 14.2. The number of H-pyrrole nitrogens is 1. The van der Waals surface area contributed by atoms with E-state index in [1.54, 1.807) is 7.11 Å². The number of hydrogen-bond donors (Lipinski definition) is 3. The monoisotopic (exact) mass is 590 g/mol. The topological polar surface area (TPSA) is 119 Å². The number of carboxylic acids is 2. The Kier molecular flexibility index (Phi) is 12.1. The van der Waals surface area contributed by atoms with E-state index >= 15 is 0 Å². The third kappa shape index (κ3) is 11.9. The Balaban J connectivity index is 0.000000349. The lowest BCUT2D eigenvalue weighted by atomic mass is 10.2. The molecule has 0 radical (unpaired) electrons. The number of alkyl halides is 6. The molecule has 0 bridgehead atoms. The molecule has 41 heavy (non-hydrogen) atoms. The summed E-state index contributed by atoms with van der Waals surface area (Å²) in [6.45, 7) is 6.21. The van der Waals surface area contributed by atoms with Crippen molar-refractivity contribution in [3.8, 4) is 17.1 Å². The molecule has 3 N–H and O–H groups in total. The third-order valence-corrected chi connectivity index (χ3v) is 5.56. The second-order valence-corrected chi connectivity index (χ2v) is 8.63. The Morgan fingerprint density at radius 2 is 1.37 bits per heavy atom. The fourth-order valence-corrected chi connectivity index (χ4v) is 3.56. The molecule has 0 amide bonds. The van der Waals surface area contributed by atoms with Crippen LogP contribution in [0.3, 0.4) is 0 Å². The van der Waals surface area contributed by atoms with Crippen LogP contribution >= 0.6 is 0 Å². The molecule has 1 saturated heterocycles. The van der Waals surface area contributed by atoms with E-state index in [1.807, 2.05) is 30.5 Å². The number of nitrogens with zero attached hydrogens (tertiary/aromatic N) is 3. The zero-order valence-electron chi connectivity index (χ0n) is 21.7. The molecule has 1 fully saturated rings. The van der Waals surface area contributed by atoms with Crippen LogP contribution in [-0.2, 0) is 22.7 Å². The molecule has 2 aromatic carbocycles. The highest BCUT2D eigenvalue weighted by Crippen LogP contribution is 2.18. The lowest BCUT2D eigenvalue weighted by molar-refractivity contribution is -0.193. The van der Waals surface area contributed by atoms with Crippen LogP contribution in [0.4, 0.5) is 26.3 Å². The number of hydrogen-bond acceptors (Lipinski definition) is 6. The molecule has 9 nitrogen and oxygen atoms in total. The number of nitrogens with one attached hydrogen (secondary N) is 1. The molecule has 3 aromatic rings. The van der Waals surface area contributed by atoms with Gasteiger partial charge >= 0.3 is 24.3 Å². The minimum absolute atomic E-state index is 0.923. The number of ether oxygens (including phenoxy) is 1. The van der Waals surface area contributed by atoms with Crippen molar-refractivity contribution in [3.05, 3.63) is 72.1 Å². The van der Waals surface area contributed by atoms with Crippen molar-refractivity contribution < 1.29 is 50.9 Å². The first kappa shape index (κ1) is 33.1. The highest BCUT2D eigenvalue weighted by molar-refractivity contribution is 5.73. The van der Waals surface area contributed by atoms with Gasteiger partial charge in [-0.25, -0.2) is 14.6 Å². The highest BCUT2D eigenvalue weighted by atomic mass is 19.4. The van der Waals surface area contributed by atoms with Crippen LogP contribution in [0.15, 0.2) is 60.8 Å². The van der Waals surface area contributed by atoms with Gasteiger partial charge in [-0.05, 0) is 17.7 Å². The summed E-state index contributed by atoms with van der Waals surface area (Å²) in [5.74, 6) is -3.64. The Morgan fingerprint density at radius 1 is 0.854 bits per heavy atom. The van der Waals surface area contributed by atoms with Gasteiger partial charge in [0.1, 0.15) is 11.6 Å². The number of imidazole rings is 1. The minimum atomic E-state index is -5.08. The Bertz CT molecular complexity index is 1220. The van der Waals surface area contributed by atoms with Gasteiger partial charge in [-0.1, -0.05) is 42.5 Å². The zero-order valence-corrected chi connectivity index (χ0v) is 21.7. The smallest absolute Gasteiger partial charge is 0.490 e. The third-order valence-electron chi connectivity index (χ3n) is 5.56. The molecule has 1 aliphatic rings. The molecule has 0 aliphatic carbocycles. The standard InChI is InChI=1S/C22H26N4O.2C2HF3O2/c1-27-21-9-5-6-18(14-21)16-25-10-12-26(13-11-25)17-20-15-23-22(24-20)19-7-3-2-4-8-19;2*3-2(4,5)1(6)7/h2-9,14-15H,10-13,16-17H2,1H3,(H,23,24);2*(H,6,7). The minimum Gasteiger partial charge on any atom is -0.497 e. The predicted octanol–water partition coefficient (Wildman–Crippen LogP) is 4.67. The van der Waals surface area contributed by atoms with Crippen LogP contribution in [0.5, 0.6) is 5.75 Å². The van der Waals surface area contributed by atoms with Crippen molar-refractivity contribution in [2.24, 2.45) is 0 Å². The molecular weight excluding hydrogens is 562 g/mol. The van der Waals surface area contributed by atoms with E-state index in [4.69, 9.17) is 24.5 Å². The summed E-state index contributed by atoms with van der Waals surface area (Å²) in [5.41, 5.74) is 3.62. The lowest BCUT2D eigenvalue weighted by Crippen LogP contribution is -2.45. The van der Waals surface area contributed by atoms with Crippen molar-refractivity contribution in [2.75, 3.05) is 33.3 Å². The number of rotatable bonds is 6. The van der Waals surface area contributed by atoms with E-state index in [-0.39, 0.29) is 0 Å². The first-order valence-electron chi connectivity index (χ1n) is 12.0. The maximum absolute atomic E-state index is 10.6. The Labute approximate surface area is 231 Å². The molecule has 224 valence electrons. The first-order valence-corrected chi connectivity index (χ1v) is 12.0. The first-order chi connectivity index (χ1) is 19.2. The zero-order chi connectivity index (χ0) is 30.6. The Morgan fingerprint density at radius 3 is 1.85 bits per heavy atom. The average molecular weight is 591 g/mol. The summed E-state index contributed by atoms with van der Waals surface area (Å²) in [6, 6.07) is 18.6. The van der Waals surface area contributed by atoms with Crippen molar-refractivity contribution in [2.45, 2.75) is 25.4 Å². The van der Waals surface area contributed by atoms with Crippen molar-refractivity contribution >= 4 is 11.9 Å². The van der Waals surface area contributed by atoms with Gasteiger partial charge < -0.3 is 19.9 Å². The van der Waals surface area contributed by atoms with Crippen LogP contribution in [0.2, 0.25) is 0 Å². The predicted molar refractivity (Wildman–Crippen MR) is 135 cm³/mol. The lowest BCUT2D eigenvalue weighted by Gasteiger charge is -2.34. The van der Waals surface area contributed by atoms with Gasteiger partial charge in [0.25, 0.3) is 0 Å². The van der Waals surface area contributed by atoms with E-state index in [1.165, 1.54) is 11.3 Å². The van der Waals surface area contributed by atoms with E-state index in [0.29, 0.717) is 0 Å². The SMILES string of the molecule is COc1cccc(CN2CCN(Cc3cnc(-c4ccccc4)[nH]3)CC2)c1.O=C(O)C(F)(F)F.O=C(O)C(F)(F)F. The van der Waals surface area contributed by atoms with E-state index in [2.05, 4.69) is 50.1 Å². The van der Waals surface area contributed by atoms with Crippen LogP contribution < -0.4 is 4.74 Å². The highest BCUT2D eigenvalue weighted by Gasteiger charge is 2.38. The number of carboxylic acid groups (broad SMARTS) is 2. The molecule has 15 heteroatoms. The van der Waals surface area contributed by atoms with Gasteiger partial charge in [0.15, 0.2) is 0 Å². The van der Waals surface area contributed by atoms with E-state index in [0.717, 1.165) is 56.4 Å². The van der Waals surface area contributed by atoms with Gasteiger partial charge in [-0.2, -0.15) is 26.3 Å². The van der Waals surface area contributed by atoms with Gasteiger partial charge in [-0.15, -0.1) is 0 Å². The van der Waals surface area contributed by atoms with Crippen molar-refractivity contribution in [1.29, 1.82) is 0 Å². The number of benzene rings is 2. The molecule has 1 aliphatic heterocycles. The number of aliphatic carboxylic acids is 2. The number of methoxy groups -OCH3 is 1. The van der Waals surface area contributed by atoms with Crippen LogP contribution in [-0.4, -0.2) is 87.6 Å². The van der Waals surface area contributed by atoms with E-state index < -0.39 is 24.3 Å². The molecule has 2 heterocycles. The number of aromatic nitrogens is 2. The fourth-order valence-electron chi connectivity index (χ4n) is 3.56. The maximum Gasteiger partial charge on any atom is 0.490 e. The van der Waals surface area contributed by atoms with Gasteiger partial charge in [0.2, 0.25) is 0 Å². The quantitative estimate of drug-likeness (QED) is 0.355. The molecule has 0 spiro atoms. The number of aromatic amines is 1. The van der Waals surface area contributed by atoms with E-state index in [9.17, 15) is 26.3 Å². The maximum atomic E-state index is 10.6. The van der Waals surface area contributed by atoms with Crippen molar-refractivity contribution in [1.82, 2.24) is 19.8 Å². The second-order valence-electron chi connectivity index (χ2n) is 8.63. The largest absolute Gasteiger partial charge is 0.497 e. The number of carbonyl (C=O) groups is 2. The second kappa shape index (κ2) is 15.0. The summed E-state index contributed by atoms with van der Waals surface area (Å²) >= 11 is 0. The molecule has 0 saturated carbocycles. The van der Waals surface area contributed by atoms with Crippen molar-refractivity contribution in [3.63, 3.8) is 0 Å². The van der Waals surface area contributed by atoms with Gasteiger partial charge in [0, 0.05) is 56.7 Å². The number of piperazine rings is 1. The van der Waals surface area contributed by atoms with Gasteiger partial charge in [-0.3, -0.25) is 9.80 Å².